The van der Waals surface area contributed by atoms with Crippen LogP contribution in [-0.4, -0.2) is 32.7 Å². The number of esters is 1. The van der Waals surface area contributed by atoms with E-state index >= 15 is 0 Å². The lowest BCUT2D eigenvalue weighted by atomic mass is 10.1. The van der Waals surface area contributed by atoms with Gasteiger partial charge in [-0.15, -0.1) is 5.10 Å². The molecular formula is C19H23N5O3. The molecule has 27 heavy (non-hydrogen) atoms. The summed E-state index contributed by atoms with van der Waals surface area (Å²) in [5.41, 5.74) is 10.2. The summed E-state index contributed by atoms with van der Waals surface area (Å²) in [5, 5.41) is 4.14. The van der Waals surface area contributed by atoms with E-state index in [4.69, 9.17) is 15.2 Å². The zero-order valence-corrected chi connectivity index (χ0v) is 15.9. The molecule has 0 saturated heterocycles. The van der Waals surface area contributed by atoms with Crippen LogP contribution in [-0.2, 0) is 22.6 Å². The summed E-state index contributed by atoms with van der Waals surface area (Å²) in [6.45, 7) is 5.96. The zero-order chi connectivity index (χ0) is 19.6. The monoisotopic (exact) mass is 369 g/mol. The highest BCUT2D eigenvalue weighted by Gasteiger charge is 2.15. The number of benzene rings is 1. The fourth-order valence-corrected chi connectivity index (χ4v) is 3.06. The van der Waals surface area contributed by atoms with Gasteiger partial charge in [-0.2, -0.15) is 9.50 Å². The molecule has 0 bridgehead atoms. The number of nitrogen functional groups attached to an aromatic ring is 1. The number of hydrogen-bond donors (Lipinski definition) is 1. The Morgan fingerprint density at radius 3 is 2.74 bits per heavy atom. The van der Waals surface area contributed by atoms with E-state index in [1.54, 1.807) is 11.6 Å². The van der Waals surface area contributed by atoms with Crippen molar-refractivity contribution >= 4 is 17.7 Å². The number of methoxy groups -OCH3 is 1. The predicted molar refractivity (Wildman–Crippen MR) is 101 cm³/mol. The van der Waals surface area contributed by atoms with Crippen molar-refractivity contribution < 1.29 is 14.3 Å². The Balaban J connectivity index is 1.66. The summed E-state index contributed by atoms with van der Waals surface area (Å²) < 4.78 is 12.3. The van der Waals surface area contributed by atoms with Gasteiger partial charge in [-0.1, -0.05) is 11.6 Å². The highest BCUT2D eigenvalue weighted by molar-refractivity contribution is 5.70. The van der Waals surface area contributed by atoms with E-state index in [-0.39, 0.29) is 24.9 Å². The molecule has 0 unspecified atom stereocenters. The topological polar surface area (TPSA) is 105 Å². The van der Waals surface area contributed by atoms with Gasteiger partial charge in [-0.3, -0.25) is 4.79 Å². The third-order valence-corrected chi connectivity index (χ3v) is 4.47. The van der Waals surface area contributed by atoms with Crippen molar-refractivity contribution in [1.82, 2.24) is 19.6 Å². The number of aryl methyl sites for hydroxylation is 3. The predicted octanol–water partition coefficient (Wildman–Crippen LogP) is 2.32. The molecule has 8 heteroatoms. The maximum atomic E-state index is 12.2. The minimum absolute atomic E-state index is 0.175. The summed E-state index contributed by atoms with van der Waals surface area (Å²) in [4.78, 5) is 20.7. The van der Waals surface area contributed by atoms with Gasteiger partial charge in [0.15, 0.2) is 0 Å². The zero-order valence-electron chi connectivity index (χ0n) is 15.9. The summed E-state index contributed by atoms with van der Waals surface area (Å²) >= 11 is 0. The fourth-order valence-electron chi connectivity index (χ4n) is 3.06. The normalized spacial score (nSPS) is 11.0. The number of anilines is 1. The largest absolute Gasteiger partial charge is 0.496 e. The van der Waals surface area contributed by atoms with Crippen molar-refractivity contribution in [3.63, 3.8) is 0 Å². The molecule has 0 aliphatic carbocycles. The minimum atomic E-state index is -0.282. The molecule has 142 valence electrons. The first-order valence-electron chi connectivity index (χ1n) is 8.66. The van der Waals surface area contributed by atoms with Gasteiger partial charge in [0.2, 0.25) is 5.95 Å². The Morgan fingerprint density at radius 1 is 1.22 bits per heavy atom. The van der Waals surface area contributed by atoms with E-state index < -0.39 is 0 Å². The van der Waals surface area contributed by atoms with Crippen LogP contribution in [0.2, 0.25) is 0 Å². The van der Waals surface area contributed by atoms with Crippen LogP contribution in [0.15, 0.2) is 18.2 Å². The van der Waals surface area contributed by atoms with E-state index in [1.807, 2.05) is 39.0 Å². The van der Waals surface area contributed by atoms with Crippen LogP contribution in [0, 0.1) is 20.8 Å². The number of hydrogen-bond acceptors (Lipinski definition) is 7. The molecule has 0 atom stereocenters. The van der Waals surface area contributed by atoms with E-state index in [9.17, 15) is 4.79 Å². The van der Waals surface area contributed by atoms with E-state index in [0.29, 0.717) is 17.9 Å². The van der Waals surface area contributed by atoms with Gasteiger partial charge < -0.3 is 15.2 Å². The van der Waals surface area contributed by atoms with Crippen LogP contribution in [0.4, 0.5) is 5.95 Å². The third kappa shape index (κ3) is 3.99. The number of carbonyl (C=O) groups excluding carboxylic acids is 1. The van der Waals surface area contributed by atoms with Gasteiger partial charge in [0, 0.05) is 23.4 Å². The van der Waals surface area contributed by atoms with E-state index in [0.717, 1.165) is 28.1 Å². The maximum absolute atomic E-state index is 12.2. The molecule has 0 spiro atoms. The average Bonchev–Trinajstić information content (AvgIpc) is 3.00. The summed E-state index contributed by atoms with van der Waals surface area (Å²) in [6, 6.07) is 5.78. The Hall–Kier alpha value is -3.16. The van der Waals surface area contributed by atoms with Crippen molar-refractivity contribution in [3.8, 4) is 5.75 Å². The number of rotatable bonds is 6. The van der Waals surface area contributed by atoms with Crippen molar-refractivity contribution in [2.24, 2.45) is 0 Å². The lowest BCUT2D eigenvalue weighted by Crippen LogP contribution is -2.10. The third-order valence-electron chi connectivity index (χ3n) is 4.47. The van der Waals surface area contributed by atoms with Crippen LogP contribution in [0.5, 0.6) is 5.75 Å². The maximum Gasteiger partial charge on any atom is 0.306 e. The summed E-state index contributed by atoms with van der Waals surface area (Å²) in [6.07, 6.45) is 0.747. The average molecular weight is 369 g/mol. The number of nitrogens with two attached hydrogens (primary N) is 1. The number of nitrogens with zero attached hydrogens (tertiary/aromatic N) is 4. The molecule has 0 aliphatic rings. The molecule has 2 N–H and O–H groups in total. The molecule has 3 aromatic rings. The molecule has 2 aromatic heterocycles. The van der Waals surface area contributed by atoms with Crippen LogP contribution < -0.4 is 10.5 Å². The van der Waals surface area contributed by atoms with Gasteiger partial charge in [0.05, 0.1) is 7.11 Å². The van der Waals surface area contributed by atoms with Crippen LogP contribution in [0.1, 0.15) is 34.5 Å². The number of aromatic nitrogens is 4. The second kappa shape index (κ2) is 7.61. The van der Waals surface area contributed by atoms with Crippen LogP contribution in [0.3, 0.4) is 0 Å². The minimum Gasteiger partial charge on any atom is -0.496 e. The number of ether oxygens (including phenoxy) is 2. The van der Waals surface area contributed by atoms with Gasteiger partial charge in [-0.05, 0) is 44.9 Å². The number of carbonyl (C=O) groups is 1. The first-order valence-corrected chi connectivity index (χ1v) is 8.66. The molecule has 0 radical (unpaired) electrons. The SMILES string of the molecule is COc1ccc(C)cc1COC(=O)CCc1c(C)nc2nc(N)nn2c1C. The van der Waals surface area contributed by atoms with E-state index in [2.05, 4.69) is 15.1 Å². The van der Waals surface area contributed by atoms with Crippen LogP contribution in [0.25, 0.3) is 5.78 Å². The van der Waals surface area contributed by atoms with E-state index in [1.165, 1.54) is 0 Å². The molecular weight excluding hydrogens is 346 g/mol. The molecule has 0 amide bonds. The Morgan fingerprint density at radius 2 is 2.00 bits per heavy atom. The first-order chi connectivity index (χ1) is 12.9. The Labute approximate surface area is 157 Å². The van der Waals surface area contributed by atoms with Crippen molar-refractivity contribution in [2.45, 2.75) is 40.2 Å². The van der Waals surface area contributed by atoms with Crippen molar-refractivity contribution in [1.29, 1.82) is 0 Å². The Bertz CT molecular complexity index is 997. The molecule has 1 aromatic carbocycles. The fraction of sp³-hybridized carbons (Fsp3) is 0.368. The molecule has 0 fully saturated rings. The lowest BCUT2D eigenvalue weighted by Gasteiger charge is -2.12. The smallest absolute Gasteiger partial charge is 0.306 e. The lowest BCUT2D eigenvalue weighted by molar-refractivity contribution is -0.144. The summed E-state index contributed by atoms with van der Waals surface area (Å²) in [7, 11) is 1.60. The van der Waals surface area contributed by atoms with Gasteiger partial charge >= 0.3 is 5.97 Å². The molecule has 3 rings (SSSR count). The second-order valence-electron chi connectivity index (χ2n) is 6.42. The molecule has 2 heterocycles. The molecule has 0 aliphatic heterocycles. The second-order valence-corrected chi connectivity index (χ2v) is 6.42. The quantitative estimate of drug-likeness (QED) is 0.665. The van der Waals surface area contributed by atoms with Crippen LogP contribution >= 0.6 is 0 Å². The van der Waals surface area contributed by atoms with Crippen molar-refractivity contribution in [3.05, 3.63) is 46.3 Å². The highest BCUT2D eigenvalue weighted by atomic mass is 16.5. The van der Waals surface area contributed by atoms with Crippen molar-refractivity contribution in [2.75, 3.05) is 12.8 Å². The molecule has 0 saturated carbocycles. The van der Waals surface area contributed by atoms with Gasteiger partial charge in [-0.25, -0.2) is 4.98 Å². The first kappa shape index (κ1) is 18.6. The standard InChI is InChI=1S/C19H23N5O3/c1-11-5-7-16(26-4)14(9-11)10-27-17(25)8-6-15-12(2)21-19-22-18(20)23-24(19)13(15)3/h5,7,9H,6,8,10H2,1-4H3,(H2,20,23). The van der Waals surface area contributed by atoms with Gasteiger partial charge in [0.25, 0.3) is 5.78 Å². The molecule has 8 nitrogen and oxygen atoms in total. The highest BCUT2D eigenvalue weighted by Crippen LogP contribution is 2.21. The Kier molecular flexibility index (Phi) is 5.25. The van der Waals surface area contributed by atoms with Gasteiger partial charge in [0.1, 0.15) is 12.4 Å². The number of fused-ring (bicyclic) bond motifs is 1. The summed E-state index contributed by atoms with van der Waals surface area (Å²) in [5.74, 6) is 1.06.